The molecule has 2 atom stereocenters. The predicted molar refractivity (Wildman–Crippen MR) is 121 cm³/mol. The molecular formula is C23H28N6O. The van der Waals surface area contributed by atoms with E-state index < -0.39 is 6.17 Å². The molecule has 2 aliphatic rings. The van der Waals surface area contributed by atoms with Crippen LogP contribution in [0.1, 0.15) is 25.3 Å². The van der Waals surface area contributed by atoms with E-state index in [1.807, 2.05) is 54.6 Å². The number of amidine groups is 1. The molecule has 2 aromatic rings. The van der Waals surface area contributed by atoms with Crippen molar-refractivity contribution in [1.29, 1.82) is 5.41 Å². The van der Waals surface area contributed by atoms with Gasteiger partial charge in [0.05, 0.1) is 11.3 Å². The molecular weight excluding hydrogens is 376 g/mol. The topological polar surface area (TPSA) is 98.8 Å². The zero-order valence-electron chi connectivity index (χ0n) is 17.1. The Kier molecular flexibility index (Phi) is 6.23. The maximum absolute atomic E-state index is 8.45. The highest BCUT2D eigenvalue weighted by molar-refractivity contribution is 6.07. The largest absolute Gasteiger partial charge is 0.457 e. The molecule has 5 N–H and O–H groups in total. The van der Waals surface area contributed by atoms with Crippen molar-refractivity contribution in [1.82, 2.24) is 15.8 Å². The molecule has 4 rings (SSSR count). The van der Waals surface area contributed by atoms with Crippen LogP contribution in [0.5, 0.6) is 11.5 Å². The number of nitrogens with one attached hydrogen (secondary N) is 3. The Morgan fingerprint density at radius 1 is 1.17 bits per heavy atom. The fourth-order valence-corrected chi connectivity index (χ4v) is 3.93. The number of ether oxygens (including phenoxy) is 1. The van der Waals surface area contributed by atoms with Crippen molar-refractivity contribution in [3.05, 3.63) is 65.7 Å². The first kappa shape index (κ1) is 20.3. The smallest absolute Gasteiger partial charge is 0.152 e. The van der Waals surface area contributed by atoms with Gasteiger partial charge in [-0.2, -0.15) is 5.01 Å². The number of hydrogen-bond donors (Lipinski definition) is 4. The van der Waals surface area contributed by atoms with Crippen LogP contribution in [-0.4, -0.2) is 42.4 Å². The van der Waals surface area contributed by atoms with Crippen LogP contribution in [0, 0.1) is 5.41 Å². The lowest BCUT2D eigenvalue weighted by molar-refractivity contribution is 0.113. The minimum atomic E-state index is -0.429. The number of hydrazine groups is 1. The maximum Gasteiger partial charge on any atom is 0.152 e. The van der Waals surface area contributed by atoms with E-state index in [1.165, 1.54) is 0 Å². The second kappa shape index (κ2) is 9.21. The summed E-state index contributed by atoms with van der Waals surface area (Å²) in [5.74, 6) is 1.73. The summed E-state index contributed by atoms with van der Waals surface area (Å²) in [6.07, 6.45) is 3.36. The SMILES string of the molecule is CC=NC(=N)C1=C(c2ccc(Oc3ccccc3)cc2)NN([C@@H]2CCCNC2)C1N. The van der Waals surface area contributed by atoms with Gasteiger partial charge >= 0.3 is 0 Å². The van der Waals surface area contributed by atoms with E-state index in [2.05, 4.69) is 20.7 Å². The molecule has 2 aliphatic heterocycles. The van der Waals surface area contributed by atoms with Crippen LogP contribution in [-0.2, 0) is 0 Å². The number of aliphatic imine (C=N–C) groups is 1. The third-order valence-corrected chi connectivity index (χ3v) is 5.41. The van der Waals surface area contributed by atoms with Crippen LogP contribution in [0.4, 0.5) is 0 Å². The van der Waals surface area contributed by atoms with Crippen LogP contribution in [0.25, 0.3) is 5.70 Å². The fourth-order valence-electron chi connectivity index (χ4n) is 3.93. The Hall–Kier alpha value is -3.00. The molecule has 7 nitrogen and oxygen atoms in total. The first-order valence-electron chi connectivity index (χ1n) is 10.3. The first-order chi connectivity index (χ1) is 14.7. The van der Waals surface area contributed by atoms with Crippen molar-refractivity contribution in [2.24, 2.45) is 10.7 Å². The van der Waals surface area contributed by atoms with Crippen molar-refractivity contribution >= 4 is 17.7 Å². The molecule has 30 heavy (non-hydrogen) atoms. The summed E-state index contributed by atoms with van der Waals surface area (Å²) in [7, 11) is 0. The summed E-state index contributed by atoms with van der Waals surface area (Å²) >= 11 is 0. The number of benzene rings is 2. The lowest BCUT2D eigenvalue weighted by atomic mass is 10.0. The molecule has 1 unspecified atom stereocenters. The number of nitrogens with two attached hydrogens (primary N) is 1. The van der Waals surface area contributed by atoms with Crippen LogP contribution in [0.15, 0.2) is 65.2 Å². The van der Waals surface area contributed by atoms with Gasteiger partial charge in [-0.15, -0.1) is 0 Å². The van der Waals surface area contributed by atoms with Gasteiger partial charge in [0.25, 0.3) is 0 Å². The predicted octanol–water partition coefficient (Wildman–Crippen LogP) is 3.11. The average Bonchev–Trinajstić information content (AvgIpc) is 3.13. The van der Waals surface area contributed by atoms with E-state index >= 15 is 0 Å². The van der Waals surface area contributed by atoms with Gasteiger partial charge in [-0.25, -0.2) is 4.99 Å². The Balaban J connectivity index is 1.60. The van der Waals surface area contributed by atoms with Gasteiger partial charge < -0.3 is 21.2 Å². The summed E-state index contributed by atoms with van der Waals surface area (Å²) < 4.78 is 5.90. The van der Waals surface area contributed by atoms with Gasteiger partial charge in [0, 0.05) is 18.8 Å². The third kappa shape index (κ3) is 4.28. The molecule has 2 heterocycles. The Labute approximate surface area is 177 Å². The normalized spacial score (nSPS) is 22.3. The van der Waals surface area contributed by atoms with Crippen molar-refractivity contribution in [2.75, 3.05) is 13.1 Å². The molecule has 1 saturated heterocycles. The Bertz CT molecular complexity index is 932. The number of para-hydroxylation sites is 1. The Morgan fingerprint density at radius 2 is 1.90 bits per heavy atom. The molecule has 0 amide bonds. The highest BCUT2D eigenvalue weighted by Gasteiger charge is 2.37. The molecule has 0 spiro atoms. The van der Waals surface area contributed by atoms with Gasteiger partial charge in [0.15, 0.2) is 5.84 Å². The molecule has 2 aromatic carbocycles. The standard InChI is InChI=1S/C23H28N6O/c1-2-27-22(24)20-21(28-29(23(20)25)17-7-6-14-26-15-17)16-10-12-19(13-11-16)30-18-8-4-3-5-9-18/h2-5,8-13,17,23-24,26,28H,6-7,14-15,25H2,1H3/t17-,23?/m1/s1. The molecule has 0 saturated carbocycles. The average molecular weight is 405 g/mol. The highest BCUT2D eigenvalue weighted by Crippen LogP contribution is 2.31. The lowest BCUT2D eigenvalue weighted by Crippen LogP contribution is -2.56. The van der Waals surface area contributed by atoms with Crippen LogP contribution < -0.4 is 21.2 Å². The van der Waals surface area contributed by atoms with E-state index in [-0.39, 0.29) is 11.9 Å². The van der Waals surface area contributed by atoms with E-state index in [0.717, 1.165) is 48.7 Å². The summed E-state index contributed by atoms with van der Waals surface area (Å²) in [4.78, 5) is 4.20. The van der Waals surface area contributed by atoms with Gasteiger partial charge in [-0.3, -0.25) is 5.41 Å². The van der Waals surface area contributed by atoms with Gasteiger partial charge in [-0.1, -0.05) is 18.2 Å². The van der Waals surface area contributed by atoms with Gasteiger partial charge in [-0.05, 0) is 68.3 Å². The van der Waals surface area contributed by atoms with Gasteiger partial charge in [0.2, 0.25) is 0 Å². The summed E-state index contributed by atoms with van der Waals surface area (Å²) in [6.45, 7) is 3.71. The number of hydrogen-bond acceptors (Lipinski definition) is 6. The summed E-state index contributed by atoms with van der Waals surface area (Å²) in [5.41, 5.74) is 12.5. The molecule has 1 fully saturated rings. The zero-order valence-corrected chi connectivity index (χ0v) is 17.1. The van der Waals surface area contributed by atoms with E-state index in [9.17, 15) is 0 Å². The van der Waals surface area contributed by atoms with Crippen molar-refractivity contribution in [3.63, 3.8) is 0 Å². The zero-order chi connectivity index (χ0) is 20.9. The Morgan fingerprint density at radius 3 is 2.57 bits per heavy atom. The number of nitrogens with zero attached hydrogens (tertiary/aromatic N) is 2. The molecule has 156 valence electrons. The summed E-state index contributed by atoms with van der Waals surface area (Å²) in [6, 6.07) is 17.8. The molecule has 0 radical (unpaired) electrons. The summed E-state index contributed by atoms with van der Waals surface area (Å²) in [5, 5.41) is 13.9. The lowest BCUT2D eigenvalue weighted by Gasteiger charge is -2.34. The molecule has 0 aromatic heterocycles. The van der Waals surface area contributed by atoms with Crippen molar-refractivity contribution in [2.45, 2.75) is 32.0 Å². The monoisotopic (exact) mass is 404 g/mol. The number of rotatable bonds is 5. The van der Waals surface area contributed by atoms with Crippen molar-refractivity contribution in [3.8, 4) is 11.5 Å². The van der Waals surface area contributed by atoms with E-state index in [4.69, 9.17) is 15.9 Å². The third-order valence-electron chi connectivity index (χ3n) is 5.41. The van der Waals surface area contributed by atoms with Crippen LogP contribution in [0.3, 0.4) is 0 Å². The van der Waals surface area contributed by atoms with E-state index in [1.54, 1.807) is 13.1 Å². The fraction of sp³-hybridized carbons (Fsp3) is 0.304. The number of piperidine rings is 1. The molecule has 7 heteroatoms. The van der Waals surface area contributed by atoms with Crippen LogP contribution >= 0.6 is 0 Å². The van der Waals surface area contributed by atoms with Gasteiger partial charge in [0.1, 0.15) is 17.7 Å². The molecule has 0 aliphatic carbocycles. The van der Waals surface area contributed by atoms with E-state index in [0.29, 0.717) is 5.57 Å². The first-order valence-corrected chi connectivity index (χ1v) is 10.3. The quantitative estimate of drug-likeness (QED) is 0.453. The van der Waals surface area contributed by atoms with Crippen LogP contribution in [0.2, 0.25) is 0 Å². The minimum Gasteiger partial charge on any atom is -0.457 e. The van der Waals surface area contributed by atoms with Crippen molar-refractivity contribution < 1.29 is 4.74 Å². The highest BCUT2D eigenvalue weighted by atomic mass is 16.5. The maximum atomic E-state index is 8.45. The second-order valence-electron chi connectivity index (χ2n) is 7.43. The molecule has 0 bridgehead atoms. The second-order valence-corrected chi connectivity index (χ2v) is 7.43. The minimum absolute atomic E-state index is 0.184.